The number of rotatable bonds is 4. The number of H-pyrrole nitrogens is 1. The molecule has 3 aromatic rings. The van der Waals surface area contributed by atoms with E-state index in [-0.39, 0.29) is 11.4 Å². The van der Waals surface area contributed by atoms with Crippen LogP contribution in [0.5, 0.6) is 0 Å². The van der Waals surface area contributed by atoms with Crippen molar-refractivity contribution < 1.29 is 9.59 Å². The molecule has 2 heterocycles. The van der Waals surface area contributed by atoms with E-state index in [1.807, 2.05) is 30.3 Å². The maximum absolute atomic E-state index is 12.6. The number of nitrogens with one attached hydrogen (secondary N) is 1. The molecule has 0 aliphatic carbocycles. The molecule has 1 aliphatic heterocycles. The number of hydrogen-bond donors (Lipinski definition) is 1. The van der Waals surface area contributed by atoms with Crippen LogP contribution in [0.4, 0.5) is 5.82 Å². The fraction of sp³-hybridized carbons (Fsp3) is 0.0526. The monoisotopic (exact) mass is 360 g/mol. The number of fused-ring (bicyclic) bond motifs is 1. The van der Waals surface area contributed by atoms with Gasteiger partial charge < -0.3 is 0 Å². The number of benzene rings is 2. The van der Waals surface area contributed by atoms with Crippen LogP contribution in [0.15, 0.2) is 59.6 Å². The number of nitriles is 1. The molecule has 2 amide bonds. The highest BCUT2D eigenvalue weighted by molar-refractivity contribution is 7.98. The highest BCUT2D eigenvalue weighted by atomic mass is 32.2. The molecule has 4 rings (SSSR count). The van der Waals surface area contributed by atoms with Gasteiger partial charge in [0.25, 0.3) is 11.8 Å². The Kier molecular flexibility index (Phi) is 4.03. The van der Waals surface area contributed by atoms with E-state index in [9.17, 15) is 14.9 Å². The minimum atomic E-state index is -0.453. The third-order valence-corrected chi connectivity index (χ3v) is 5.11. The van der Waals surface area contributed by atoms with Gasteiger partial charge in [0.15, 0.2) is 5.82 Å². The summed E-state index contributed by atoms with van der Waals surface area (Å²) in [5, 5.41) is 16.9. The van der Waals surface area contributed by atoms with Gasteiger partial charge in [-0.3, -0.25) is 14.7 Å². The summed E-state index contributed by atoms with van der Waals surface area (Å²) in [6.45, 7) is 0. The second-order valence-electron chi connectivity index (χ2n) is 5.63. The van der Waals surface area contributed by atoms with Crippen LogP contribution in [0, 0.1) is 11.3 Å². The van der Waals surface area contributed by atoms with Gasteiger partial charge in [-0.25, -0.2) is 4.90 Å². The van der Waals surface area contributed by atoms with Crippen LogP contribution < -0.4 is 4.90 Å². The average Bonchev–Trinajstić information content (AvgIpc) is 3.19. The van der Waals surface area contributed by atoms with Crippen molar-refractivity contribution in [2.75, 3.05) is 4.90 Å². The Bertz CT molecular complexity index is 1020. The number of anilines is 1. The van der Waals surface area contributed by atoms with Gasteiger partial charge in [0.05, 0.1) is 11.1 Å². The number of nitrogens with zero attached hydrogens (tertiary/aromatic N) is 3. The Balaban J connectivity index is 1.65. The predicted octanol–water partition coefficient (Wildman–Crippen LogP) is 3.37. The van der Waals surface area contributed by atoms with Gasteiger partial charge in [0.2, 0.25) is 0 Å². The Morgan fingerprint density at radius 2 is 1.62 bits per heavy atom. The summed E-state index contributed by atoms with van der Waals surface area (Å²) in [6.07, 6.45) is 0. The molecule has 1 aliphatic rings. The molecule has 0 spiro atoms. The van der Waals surface area contributed by atoms with Crippen LogP contribution in [0.1, 0.15) is 31.8 Å². The number of carbonyl (C=O) groups excluding carboxylic acids is 2. The molecule has 1 N–H and O–H groups in total. The van der Waals surface area contributed by atoms with Crippen molar-refractivity contribution >= 4 is 29.4 Å². The summed E-state index contributed by atoms with van der Waals surface area (Å²) < 4.78 is 0. The Morgan fingerprint density at radius 3 is 2.23 bits per heavy atom. The van der Waals surface area contributed by atoms with Crippen LogP contribution in [0.25, 0.3) is 0 Å². The normalized spacial score (nSPS) is 13.0. The number of hydrogen-bond acceptors (Lipinski definition) is 5. The highest BCUT2D eigenvalue weighted by Gasteiger charge is 2.39. The molecule has 0 radical (unpaired) electrons. The van der Waals surface area contributed by atoms with Crippen molar-refractivity contribution in [2.24, 2.45) is 0 Å². The van der Waals surface area contributed by atoms with Gasteiger partial charge in [-0.15, -0.1) is 0 Å². The van der Waals surface area contributed by atoms with Crippen LogP contribution in [-0.2, 0) is 5.75 Å². The van der Waals surface area contributed by atoms with Gasteiger partial charge >= 0.3 is 0 Å². The topological polar surface area (TPSA) is 89.8 Å². The maximum Gasteiger partial charge on any atom is 0.267 e. The molecular formula is C19H12N4O2S. The maximum atomic E-state index is 12.6. The SMILES string of the molecule is N#Cc1c(SCc2ccccc2)n[nH]c1N1C(=O)c2ccccc2C1=O. The summed E-state index contributed by atoms with van der Waals surface area (Å²) >= 11 is 1.38. The van der Waals surface area contributed by atoms with Crippen molar-refractivity contribution in [3.05, 3.63) is 76.9 Å². The Morgan fingerprint density at radius 1 is 1.00 bits per heavy atom. The van der Waals surface area contributed by atoms with E-state index in [1.165, 1.54) is 11.8 Å². The van der Waals surface area contributed by atoms with E-state index in [0.717, 1.165) is 10.5 Å². The molecule has 1 aromatic heterocycles. The molecule has 0 atom stereocenters. The predicted molar refractivity (Wildman–Crippen MR) is 96.9 cm³/mol. The van der Waals surface area contributed by atoms with Crippen LogP contribution >= 0.6 is 11.8 Å². The lowest BCUT2D eigenvalue weighted by molar-refractivity contribution is 0.0925. The first-order valence-electron chi connectivity index (χ1n) is 7.83. The van der Waals surface area contributed by atoms with Crippen molar-refractivity contribution in [3.63, 3.8) is 0 Å². The third-order valence-electron chi connectivity index (χ3n) is 4.06. The van der Waals surface area contributed by atoms with Gasteiger partial charge in [0, 0.05) is 5.75 Å². The first-order chi connectivity index (χ1) is 12.7. The van der Waals surface area contributed by atoms with Gasteiger partial charge in [0.1, 0.15) is 16.7 Å². The number of carbonyl (C=O) groups is 2. The summed E-state index contributed by atoms with van der Waals surface area (Å²) in [4.78, 5) is 26.2. The zero-order chi connectivity index (χ0) is 18.1. The summed E-state index contributed by atoms with van der Waals surface area (Å²) in [5.74, 6) is -0.160. The quantitative estimate of drug-likeness (QED) is 0.569. The number of amides is 2. The second kappa shape index (κ2) is 6.50. The molecule has 2 aromatic carbocycles. The molecule has 0 bridgehead atoms. The lowest BCUT2D eigenvalue weighted by atomic mass is 10.1. The lowest BCUT2D eigenvalue weighted by Crippen LogP contribution is -2.30. The third kappa shape index (κ3) is 2.57. The first kappa shape index (κ1) is 16.1. The van der Waals surface area contributed by atoms with E-state index < -0.39 is 11.8 Å². The van der Waals surface area contributed by atoms with E-state index >= 15 is 0 Å². The van der Waals surface area contributed by atoms with E-state index in [4.69, 9.17) is 0 Å². The second-order valence-corrected chi connectivity index (χ2v) is 6.59. The number of thioether (sulfide) groups is 1. The number of imide groups is 1. The minimum absolute atomic E-state index is 0.120. The lowest BCUT2D eigenvalue weighted by Gasteiger charge is -2.11. The Labute approximate surface area is 153 Å². The van der Waals surface area contributed by atoms with Crippen molar-refractivity contribution in [1.82, 2.24) is 10.2 Å². The number of aromatic nitrogens is 2. The fourth-order valence-electron chi connectivity index (χ4n) is 2.80. The minimum Gasteiger partial charge on any atom is -0.268 e. The molecule has 126 valence electrons. The molecule has 26 heavy (non-hydrogen) atoms. The first-order valence-corrected chi connectivity index (χ1v) is 8.82. The van der Waals surface area contributed by atoms with Crippen LogP contribution in [0.3, 0.4) is 0 Å². The smallest absolute Gasteiger partial charge is 0.267 e. The van der Waals surface area contributed by atoms with Gasteiger partial charge in [-0.2, -0.15) is 10.4 Å². The van der Waals surface area contributed by atoms with Gasteiger partial charge in [-0.05, 0) is 17.7 Å². The van der Waals surface area contributed by atoms with Crippen molar-refractivity contribution in [1.29, 1.82) is 5.26 Å². The Hall–Kier alpha value is -3.37. The molecule has 0 saturated heterocycles. The van der Waals surface area contributed by atoms with Crippen molar-refractivity contribution in [2.45, 2.75) is 10.8 Å². The highest BCUT2D eigenvalue weighted by Crippen LogP contribution is 2.34. The average molecular weight is 360 g/mol. The molecular weight excluding hydrogens is 348 g/mol. The zero-order valence-corrected chi connectivity index (χ0v) is 14.3. The van der Waals surface area contributed by atoms with Crippen LogP contribution in [-0.4, -0.2) is 22.0 Å². The summed E-state index contributed by atoms with van der Waals surface area (Å²) in [6, 6.07) is 18.4. The molecule has 6 nitrogen and oxygen atoms in total. The largest absolute Gasteiger partial charge is 0.268 e. The summed E-state index contributed by atoms with van der Waals surface area (Å²) in [5.41, 5.74) is 1.94. The van der Waals surface area contributed by atoms with E-state index in [1.54, 1.807) is 24.3 Å². The van der Waals surface area contributed by atoms with Crippen molar-refractivity contribution in [3.8, 4) is 6.07 Å². The molecule has 0 saturated carbocycles. The van der Waals surface area contributed by atoms with E-state index in [0.29, 0.717) is 21.9 Å². The molecule has 0 unspecified atom stereocenters. The van der Waals surface area contributed by atoms with E-state index in [2.05, 4.69) is 16.3 Å². The summed E-state index contributed by atoms with van der Waals surface area (Å²) in [7, 11) is 0. The number of aromatic amines is 1. The fourth-order valence-corrected chi connectivity index (χ4v) is 3.69. The molecule has 0 fully saturated rings. The standard InChI is InChI=1S/C19H12N4O2S/c20-10-15-16(21-22-17(15)26-11-12-6-2-1-3-7-12)23-18(24)13-8-4-5-9-14(13)19(23)25/h1-9H,11H2,(H,21,22). The van der Waals surface area contributed by atoms with Gasteiger partial charge in [-0.1, -0.05) is 54.2 Å². The zero-order valence-electron chi connectivity index (χ0n) is 13.5. The van der Waals surface area contributed by atoms with Crippen LogP contribution in [0.2, 0.25) is 0 Å². The molecule has 7 heteroatoms.